The number of fused-ring (bicyclic) bond motifs is 1. The van der Waals surface area contributed by atoms with Crippen molar-refractivity contribution in [3.05, 3.63) is 29.8 Å². The van der Waals surface area contributed by atoms with Crippen LogP contribution in [-0.4, -0.2) is 67.8 Å². The van der Waals surface area contributed by atoms with Crippen LogP contribution in [0.3, 0.4) is 0 Å². The Morgan fingerprint density at radius 1 is 1.16 bits per heavy atom. The third-order valence-electron chi connectivity index (χ3n) is 6.52. The van der Waals surface area contributed by atoms with Crippen LogP contribution in [0.4, 0.5) is 15.3 Å². The number of benzene rings is 1. The second-order valence-corrected chi connectivity index (χ2v) is 8.71. The zero-order valence-electron chi connectivity index (χ0n) is 18.4. The molecule has 1 aromatic rings. The van der Waals surface area contributed by atoms with E-state index in [9.17, 15) is 19.2 Å². The summed E-state index contributed by atoms with van der Waals surface area (Å²) in [6.45, 7) is 4.75. The first-order valence-electron chi connectivity index (χ1n) is 11.0. The van der Waals surface area contributed by atoms with Crippen LogP contribution in [-0.2, 0) is 29.2 Å². The second-order valence-electron chi connectivity index (χ2n) is 8.71. The third kappa shape index (κ3) is 4.42. The van der Waals surface area contributed by atoms with Gasteiger partial charge in [-0.15, -0.1) is 0 Å². The van der Waals surface area contributed by atoms with Crippen LogP contribution in [0.15, 0.2) is 24.3 Å². The summed E-state index contributed by atoms with van der Waals surface area (Å²) in [5.41, 5.74) is 1.81. The molecule has 32 heavy (non-hydrogen) atoms. The molecule has 3 fully saturated rings. The molecule has 1 aromatic carbocycles. The fourth-order valence-electron chi connectivity index (χ4n) is 4.71. The minimum absolute atomic E-state index is 0.0757. The number of cyclic esters (lactones) is 1. The molecule has 3 atom stereocenters. The van der Waals surface area contributed by atoms with Crippen LogP contribution in [0.1, 0.15) is 38.7 Å². The molecule has 1 saturated carbocycles. The number of rotatable bonds is 8. The smallest absolute Gasteiger partial charge is 0.444 e. The highest BCUT2D eigenvalue weighted by Crippen LogP contribution is 2.59. The SMILES string of the molecule is CCOC(=O)OCC(=O)N1CC2CC2(c2ccc(N3C[C@H](CCC(C)=O)OC3=O)cc2)C1. The van der Waals surface area contributed by atoms with Gasteiger partial charge in [0.1, 0.15) is 11.9 Å². The molecule has 2 saturated heterocycles. The van der Waals surface area contributed by atoms with Crippen LogP contribution in [0, 0.1) is 5.92 Å². The molecule has 0 bridgehead atoms. The van der Waals surface area contributed by atoms with Gasteiger partial charge in [0.2, 0.25) is 0 Å². The Hall–Kier alpha value is -3.10. The van der Waals surface area contributed by atoms with E-state index in [4.69, 9.17) is 9.47 Å². The number of carbonyl (C=O) groups is 4. The van der Waals surface area contributed by atoms with E-state index in [1.165, 1.54) is 6.92 Å². The van der Waals surface area contributed by atoms with Crippen molar-refractivity contribution in [1.82, 2.24) is 4.90 Å². The van der Waals surface area contributed by atoms with Gasteiger partial charge in [-0.1, -0.05) is 12.1 Å². The summed E-state index contributed by atoms with van der Waals surface area (Å²) in [6.07, 6.45) is 0.434. The summed E-state index contributed by atoms with van der Waals surface area (Å²) in [5.74, 6) is 0.240. The molecule has 0 radical (unpaired) electrons. The zero-order chi connectivity index (χ0) is 22.9. The number of nitrogens with zero attached hydrogens (tertiary/aromatic N) is 2. The minimum Gasteiger partial charge on any atom is -0.444 e. The summed E-state index contributed by atoms with van der Waals surface area (Å²) in [5, 5.41) is 0. The van der Waals surface area contributed by atoms with Crippen LogP contribution in [0.2, 0.25) is 0 Å². The summed E-state index contributed by atoms with van der Waals surface area (Å²) in [7, 11) is 0. The maximum atomic E-state index is 12.4. The van der Waals surface area contributed by atoms with Gasteiger partial charge in [0.25, 0.3) is 5.91 Å². The zero-order valence-corrected chi connectivity index (χ0v) is 18.4. The number of amides is 2. The molecular weight excluding hydrogens is 416 g/mol. The van der Waals surface area contributed by atoms with Crippen molar-refractivity contribution in [2.75, 3.05) is 37.7 Å². The van der Waals surface area contributed by atoms with E-state index in [0.717, 1.165) is 17.7 Å². The molecule has 9 nitrogen and oxygen atoms in total. The lowest BCUT2D eigenvalue weighted by Crippen LogP contribution is -2.36. The van der Waals surface area contributed by atoms with Crippen LogP contribution in [0.5, 0.6) is 0 Å². The van der Waals surface area contributed by atoms with Gasteiger partial charge < -0.3 is 23.9 Å². The number of likely N-dealkylation sites (tertiary alicyclic amines) is 1. The van der Waals surface area contributed by atoms with Gasteiger partial charge >= 0.3 is 12.2 Å². The highest BCUT2D eigenvalue weighted by Gasteiger charge is 2.61. The number of carbonyl (C=O) groups excluding carboxylic acids is 4. The monoisotopic (exact) mass is 444 g/mol. The van der Waals surface area contributed by atoms with Gasteiger partial charge in [-0.05, 0) is 50.3 Å². The van der Waals surface area contributed by atoms with E-state index < -0.39 is 12.2 Å². The van der Waals surface area contributed by atoms with Crippen molar-refractivity contribution in [3.63, 3.8) is 0 Å². The quantitative estimate of drug-likeness (QED) is 0.568. The minimum atomic E-state index is -0.834. The molecule has 0 aromatic heterocycles. The molecule has 2 heterocycles. The summed E-state index contributed by atoms with van der Waals surface area (Å²) in [4.78, 5) is 50.5. The van der Waals surface area contributed by atoms with E-state index in [1.807, 2.05) is 24.3 Å². The number of piperidine rings is 1. The van der Waals surface area contributed by atoms with Crippen molar-refractivity contribution >= 4 is 29.6 Å². The summed E-state index contributed by atoms with van der Waals surface area (Å²) in [6, 6.07) is 7.83. The summed E-state index contributed by atoms with van der Waals surface area (Å²) < 4.78 is 14.9. The van der Waals surface area contributed by atoms with Gasteiger partial charge in [0.15, 0.2) is 6.61 Å². The molecule has 3 aliphatic rings. The Morgan fingerprint density at radius 3 is 2.59 bits per heavy atom. The van der Waals surface area contributed by atoms with Gasteiger partial charge in [-0.25, -0.2) is 9.59 Å². The van der Waals surface area contributed by atoms with E-state index in [-0.39, 0.29) is 36.4 Å². The Kier molecular flexibility index (Phi) is 6.08. The number of hydrogen-bond donors (Lipinski definition) is 0. The van der Waals surface area contributed by atoms with Crippen molar-refractivity contribution in [1.29, 1.82) is 0 Å². The molecule has 4 rings (SSSR count). The lowest BCUT2D eigenvalue weighted by molar-refractivity contribution is -0.134. The molecule has 1 aliphatic carbocycles. The first kappa shape index (κ1) is 22.1. The van der Waals surface area contributed by atoms with Crippen molar-refractivity contribution < 1.29 is 33.4 Å². The van der Waals surface area contributed by atoms with Crippen LogP contribution < -0.4 is 4.90 Å². The van der Waals surface area contributed by atoms with Crippen LogP contribution in [0.25, 0.3) is 0 Å². The first-order valence-corrected chi connectivity index (χ1v) is 11.0. The van der Waals surface area contributed by atoms with E-state index in [1.54, 1.807) is 16.7 Å². The van der Waals surface area contributed by atoms with Gasteiger partial charge in [-0.3, -0.25) is 9.69 Å². The predicted molar refractivity (Wildman–Crippen MR) is 113 cm³/mol. The maximum Gasteiger partial charge on any atom is 0.508 e. The molecule has 2 aliphatic heterocycles. The standard InChI is InChI=1S/C23H28N2O7/c1-3-30-22(29)31-13-20(27)24-11-17-10-23(17,14-24)16-5-7-18(8-6-16)25-12-19(32-21(25)28)9-4-15(2)26/h5-8,17,19H,3-4,9-14H2,1-2H3/t17?,19-,23?/m0/s1. The Labute approximate surface area is 186 Å². The van der Waals surface area contributed by atoms with E-state index in [2.05, 4.69) is 4.74 Å². The van der Waals surface area contributed by atoms with Crippen LogP contribution >= 0.6 is 0 Å². The largest absolute Gasteiger partial charge is 0.508 e. The summed E-state index contributed by atoms with van der Waals surface area (Å²) >= 11 is 0. The third-order valence-corrected chi connectivity index (χ3v) is 6.52. The molecular formula is C23H28N2O7. The number of ether oxygens (including phenoxy) is 3. The fraction of sp³-hybridized carbons (Fsp3) is 0.565. The molecule has 2 amide bonds. The molecule has 9 heteroatoms. The Bertz CT molecular complexity index is 915. The Morgan fingerprint density at radius 2 is 1.91 bits per heavy atom. The van der Waals surface area contributed by atoms with Gasteiger partial charge in [-0.2, -0.15) is 0 Å². The fourth-order valence-corrected chi connectivity index (χ4v) is 4.71. The number of hydrogen-bond acceptors (Lipinski definition) is 7. The highest BCUT2D eigenvalue weighted by atomic mass is 16.7. The highest BCUT2D eigenvalue weighted by molar-refractivity contribution is 5.90. The predicted octanol–water partition coefficient (Wildman–Crippen LogP) is 2.65. The van der Waals surface area contributed by atoms with Crippen molar-refractivity contribution in [2.24, 2.45) is 5.92 Å². The lowest BCUT2D eigenvalue weighted by Gasteiger charge is -2.22. The average Bonchev–Trinajstić information content (AvgIpc) is 3.13. The van der Waals surface area contributed by atoms with Crippen molar-refractivity contribution in [2.45, 2.75) is 44.6 Å². The van der Waals surface area contributed by atoms with Crippen molar-refractivity contribution in [3.8, 4) is 0 Å². The van der Waals surface area contributed by atoms with Gasteiger partial charge in [0, 0.05) is 30.6 Å². The molecule has 0 spiro atoms. The van der Waals surface area contributed by atoms with Gasteiger partial charge in [0.05, 0.1) is 13.2 Å². The maximum absolute atomic E-state index is 12.4. The average molecular weight is 444 g/mol. The lowest BCUT2D eigenvalue weighted by atomic mass is 9.94. The first-order chi connectivity index (χ1) is 15.3. The molecule has 172 valence electrons. The Balaban J connectivity index is 1.34. The number of anilines is 1. The molecule has 2 unspecified atom stereocenters. The second kappa shape index (κ2) is 8.80. The molecule has 0 N–H and O–H groups in total. The topological polar surface area (TPSA) is 102 Å². The van der Waals surface area contributed by atoms with E-state index >= 15 is 0 Å². The number of ketones is 1. The van der Waals surface area contributed by atoms with E-state index in [0.29, 0.717) is 38.4 Å². The number of Topliss-reactive ketones (excluding diaryl/α,β-unsaturated/α-hetero) is 1. The normalized spacial score (nSPS) is 25.9.